The number of carbonyl (C=O) groups excluding carboxylic acids is 2. The number of aryl methyl sites for hydroxylation is 1. The monoisotopic (exact) mass is 537 g/mol. The number of hydrogen-bond acceptors (Lipinski definition) is 5. The third kappa shape index (κ3) is 4.50. The highest BCUT2D eigenvalue weighted by Gasteiger charge is 2.39. The van der Waals surface area contributed by atoms with E-state index in [-0.39, 0.29) is 23.4 Å². The van der Waals surface area contributed by atoms with Crippen LogP contribution in [0.25, 0.3) is 5.69 Å². The molecular weight excluding hydrogens is 517 g/mol. The van der Waals surface area contributed by atoms with Gasteiger partial charge >= 0.3 is 11.9 Å². The maximum atomic E-state index is 15.2. The van der Waals surface area contributed by atoms with Gasteiger partial charge in [0.25, 0.3) is 11.8 Å². The van der Waals surface area contributed by atoms with Crippen LogP contribution in [-0.4, -0.2) is 38.4 Å². The van der Waals surface area contributed by atoms with Crippen molar-refractivity contribution in [1.29, 1.82) is 0 Å². The van der Waals surface area contributed by atoms with Gasteiger partial charge < -0.3 is 15.4 Å². The predicted molar refractivity (Wildman–Crippen MR) is 122 cm³/mol. The van der Waals surface area contributed by atoms with Gasteiger partial charge in [-0.15, -0.1) is 5.10 Å². The van der Waals surface area contributed by atoms with Gasteiger partial charge in [0.15, 0.2) is 6.10 Å². The van der Waals surface area contributed by atoms with Crippen LogP contribution in [-0.2, 0) is 19.5 Å². The van der Waals surface area contributed by atoms with Gasteiger partial charge in [-0.2, -0.15) is 17.9 Å². The smallest absolute Gasteiger partial charge is 0.425 e. The minimum atomic E-state index is -4.82. The molecule has 1 aromatic heterocycles. The highest BCUT2D eigenvalue weighted by Crippen LogP contribution is 2.32. The first-order chi connectivity index (χ1) is 17.9. The van der Waals surface area contributed by atoms with Crippen LogP contribution in [0.3, 0.4) is 0 Å². The Bertz CT molecular complexity index is 1530. The molecule has 14 heteroatoms. The van der Waals surface area contributed by atoms with Crippen molar-refractivity contribution in [3.63, 3.8) is 0 Å². The quantitative estimate of drug-likeness (QED) is 0.485. The van der Waals surface area contributed by atoms with E-state index in [1.54, 1.807) is 0 Å². The van der Waals surface area contributed by atoms with E-state index in [0.717, 1.165) is 23.2 Å². The zero-order valence-corrected chi connectivity index (χ0v) is 19.8. The lowest BCUT2D eigenvalue weighted by Gasteiger charge is -2.20. The molecule has 38 heavy (non-hydrogen) atoms. The normalized spacial score (nSPS) is 15.5. The largest absolute Gasteiger partial charge is 0.480 e. The Kier molecular flexibility index (Phi) is 6.19. The minimum Gasteiger partial charge on any atom is -0.480 e. The number of benzene rings is 2. The number of rotatable bonds is 5. The van der Waals surface area contributed by atoms with Crippen molar-refractivity contribution in [2.45, 2.75) is 51.6 Å². The third-order valence-electron chi connectivity index (χ3n) is 6.35. The second-order valence-electron chi connectivity index (χ2n) is 8.95. The van der Waals surface area contributed by atoms with Crippen molar-refractivity contribution in [2.24, 2.45) is 0 Å². The van der Waals surface area contributed by atoms with Crippen LogP contribution in [0.15, 0.2) is 29.1 Å². The maximum Gasteiger partial charge on any atom is 0.425 e. The highest BCUT2D eigenvalue weighted by molar-refractivity contribution is 6.07. The molecule has 0 unspecified atom stereocenters. The summed E-state index contributed by atoms with van der Waals surface area (Å²) in [6, 6.07) is 3.61. The van der Waals surface area contributed by atoms with Crippen LogP contribution < -0.4 is 21.1 Å². The molecule has 1 atom stereocenters. The number of fused-ring (bicyclic) bond motifs is 2. The number of hydrogen-bond donors (Lipinski definition) is 2. The van der Waals surface area contributed by atoms with Gasteiger partial charge in [-0.1, -0.05) is 0 Å². The van der Waals surface area contributed by atoms with E-state index < -0.39 is 58.4 Å². The third-order valence-corrected chi connectivity index (χ3v) is 6.35. The summed E-state index contributed by atoms with van der Waals surface area (Å²) in [7, 11) is 0. The summed E-state index contributed by atoms with van der Waals surface area (Å²) in [6.07, 6.45) is -5.27. The molecule has 2 aliphatic rings. The van der Waals surface area contributed by atoms with Crippen molar-refractivity contribution >= 4 is 17.5 Å². The van der Waals surface area contributed by atoms with Gasteiger partial charge in [0, 0.05) is 31.3 Å². The Morgan fingerprint density at radius 1 is 1.13 bits per heavy atom. The molecule has 0 bridgehead atoms. The summed E-state index contributed by atoms with van der Waals surface area (Å²) >= 11 is 0. The predicted octanol–water partition coefficient (Wildman–Crippen LogP) is 3.47. The molecule has 0 spiro atoms. The molecule has 200 valence electrons. The highest BCUT2D eigenvalue weighted by atomic mass is 19.4. The molecule has 2 amide bonds. The van der Waals surface area contributed by atoms with Crippen LogP contribution in [0.4, 0.5) is 27.6 Å². The lowest BCUT2D eigenvalue weighted by molar-refractivity contribution is -0.189. The number of alkyl halides is 3. The summed E-state index contributed by atoms with van der Waals surface area (Å²) < 4.78 is 76.6. The number of anilines is 1. The van der Waals surface area contributed by atoms with Crippen molar-refractivity contribution in [3.05, 3.63) is 68.9 Å². The molecule has 2 N–H and O–H groups in total. The van der Waals surface area contributed by atoms with E-state index in [4.69, 9.17) is 4.74 Å². The summed E-state index contributed by atoms with van der Waals surface area (Å²) in [6.45, 7) is 1.08. The van der Waals surface area contributed by atoms with E-state index in [2.05, 4.69) is 15.7 Å². The van der Waals surface area contributed by atoms with Gasteiger partial charge in [0.05, 0.1) is 11.1 Å². The van der Waals surface area contributed by atoms with Gasteiger partial charge in [0.1, 0.15) is 28.9 Å². The van der Waals surface area contributed by atoms with E-state index in [0.29, 0.717) is 38.2 Å². The number of carbonyl (C=O) groups is 2. The average Bonchev–Trinajstić information content (AvgIpc) is 3.39. The molecule has 5 rings (SSSR count). The SMILES string of the molecule is C[C@H](Oc1cc(-n2nc3n(c2=O)CCCC3)c(F)cc1C(=O)Nc1cc(F)c2c(c1)CNC2=O)C(F)(F)F. The topological polar surface area (TPSA) is 107 Å². The number of amides is 2. The number of nitrogens with zero attached hydrogens (tertiary/aromatic N) is 3. The average molecular weight is 537 g/mol. The number of halogens is 5. The van der Waals surface area contributed by atoms with E-state index in [1.807, 2.05) is 0 Å². The number of aromatic nitrogens is 3. The molecular formula is C24H20F5N5O4. The summed E-state index contributed by atoms with van der Waals surface area (Å²) in [5.41, 5.74) is -1.84. The fraction of sp³-hybridized carbons (Fsp3) is 0.333. The first kappa shape index (κ1) is 25.4. The Labute approximate surface area is 211 Å². The van der Waals surface area contributed by atoms with Gasteiger partial charge in [-0.25, -0.2) is 13.6 Å². The molecule has 0 aliphatic carbocycles. The van der Waals surface area contributed by atoms with E-state index >= 15 is 4.39 Å². The molecule has 3 aromatic rings. The van der Waals surface area contributed by atoms with Crippen LogP contribution >= 0.6 is 0 Å². The van der Waals surface area contributed by atoms with Crippen molar-refractivity contribution in [3.8, 4) is 11.4 Å². The summed E-state index contributed by atoms with van der Waals surface area (Å²) in [5.74, 6) is -4.02. The fourth-order valence-corrected chi connectivity index (χ4v) is 4.39. The van der Waals surface area contributed by atoms with Crippen molar-refractivity contribution in [2.75, 3.05) is 5.32 Å². The van der Waals surface area contributed by atoms with Crippen molar-refractivity contribution < 1.29 is 36.3 Å². The Morgan fingerprint density at radius 3 is 2.61 bits per heavy atom. The first-order valence-corrected chi connectivity index (χ1v) is 11.6. The second kappa shape index (κ2) is 9.26. The molecule has 0 radical (unpaired) electrons. The summed E-state index contributed by atoms with van der Waals surface area (Å²) in [5, 5.41) is 8.85. The molecule has 0 saturated carbocycles. The molecule has 0 fully saturated rings. The molecule has 2 aromatic carbocycles. The van der Waals surface area contributed by atoms with Gasteiger partial charge in [-0.3, -0.25) is 14.2 Å². The lowest BCUT2D eigenvalue weighted by Crippen LogP contribution is -2.32. The molecule has 2 aliphatic heterocycles. The van der Waals surface area contributed by atoms with Crippen LogP contribution in [0.5, 0.6) is 5.75 Å². The lowest BCUT2D eigenvalue weighted by atomic mass is 10.1. The minimum absolute atomic E-state index is 0.0129. The Morgan fingerprint density at radius 2 is 1.89 bits per heavy atom. The first-order valence-electron chi connectivity index (χ1n) is 11.6. The van der Waals surface area contributed by atoms with Gasteiger partial charge in [-0.05, 0) is 43.5 Å². The van der Waals surface area contributed by atoms with Crippen LogP contribution in [0.2, 0.25) is 0 Å². The Hall–Kier alpha value is -4.23. The Balaban J connectivity index is 1.55. The summed E-state index contributed by atoms with van der Waals surface area (Å²) in [4.78, 5) is 37.6. The number of ether oxygens (including phenoxy) is 1. The number of nitrogens with one attached hydrogen (secondary N) is 2. The van der Waals surface area contributed by atoms with Crippen LogP contribution in [0.1, 0.15) is 51.9 Å². The zero-order valence-electron chi connectivity index (χ0n) is 19.8. The standard InChI is InChI=1S/C24H20F5N5O4/c1-11(24(27,28)29)38-18-9-17(34-23(37)33-5-3-2-4-19(33)32-34)15(25)8-14(18)21(35)31-13-6-12-10-30-22(36)20(12)16(26)7-13/h6-9,11H,2-5,10H2,1H3,(H,30,36)(H,31,35)/t11-/m0/s1. The van der Waals surface area contributed by atoms with Gasteiger partial charge in [0.2, 0.25) is 0 Å². The van der Waals surface area contributed by atoms with E-state index in [1.165, 1.54) is 10.6 Å². The fourth-order valence-electron chi connectivity index (χ4n) is 4.39. The van der Waals surface area contributed by atoms with Crippen LogP contribution in [0, 0.1) is 11.6 Å². The molecule has 0 saturated heterocycles. The maximum absolute atomic E-state index is 15.2. The zero-order chi connectivity index (χ0) is 27.4. The molecule has 9 nitrogen and oxygen atoms in total. The van der Waals surface area contributed by atoms with E-state index in [9.17, 15) is 31.9 Å². The second-order valence-corrected chi connectivity index (χ2v) is 8.95. The molecule has 3 heterocycles. The van der Waals surface area contributed by atoms with Crippen molar-refractivity contribution in [1.82, 2.24) is 19.7 Å².